The highest BCUT2D eigenvalue weighted by Crippen LogP contribution is 2.24. The van der Waals surface area contributed by atoms with Gasteiger partial charge in [0.15, 0.2) is 0 Å². The standard InChI is InChI=1S/C20H33NO/c1-16(2)14-19(21)11-8-17-9-12-20(13-10-17)22-15-18-6-4-3-5-7-18/h9-10,12-13,16,18-19H,3-8,11,14-15,21H2,1-2H3. The lowest BCUT2D eigenvalue weighted by molar-refractivity contribution is 0.209. The summed E-state index contributed by atoms with van der Waals surface area (Å²) in [4.78, 5) is 0. The normalized spacial score (nSPS) is 17.6. The molecule has 1 saturated carbocycles. The number of ether oxygens (including phenoxy) is 1. The van der Waals surface area contributed by atoms with Crippen LogP contribution in [0.3, 0.4) is 0 Å². The Kier molecular flexibility index (Phi) is 7.24. The average Bonchev–Trinajstić information content (AvgIpc) is 2.52. The van der Waals surface area contributed by atoms with E-state index < -0.39 is 0 Å². The molecule has 0 radical (unpaired) electrons. The van der Waals surface area contributed by atoms with Crippen molar-refractivity contribution < 1.29 is 4.74 Å². The van der Waals surface area contributed by atoms with Crippen molar-refractivity contribution in [3.8, 4) is 5.75 Å². The van der Waals surface area contributed by atoms with Crippen molar-refractivity contribution in [2.45, 2.75) is 71.3 Å². The van der Waals surface area contributed by atoms with Gasteiger partial charge in [-0.05, 0) is 61.6 Å². The van der Waals surface area contributed by atoms with Crippen LogP contribution < -0.4 is 10.5 Å². The molecule has 124 valence electrons. The van der Waals surface area contributed by atoms with Crippen LogP contribution in [0, 0.1) is 11.8 Å². The Bertz CT molecular complexity index is 406. The Morgan fingerprint density at radius 3 is 2.41 bits per heavy atom. The molecule has 0 aromatic heterocycles. The second-order valence-electron chi connectivity index (χ2n) is 7.39. The zero-order chi connectivity index (χ0) is 15.8. The van der Waals surface area contributed by atoms with E-state index >= 15 is 0 Å². The number of rotatable bonds is 8. The summed E-state index contributed by atoms with van der Waals surface area (Å²) in [5.74, 6) is 2.47. The Morgan fingerprint density at radius 2 is 1.77 bits per heavy atom. The zero-order valence-electron chi connectivity index (χ0n) is 14.4. The van der Waals surface area contributed by atoms with Gasteiger partial charge in [-0.25, -0.2) is 0 Å². The van der Waals surface area contributed by atoms with Crippen molar-refractivity contribution in [1.29, 1.82) is 0 Å². The van der Waals surface area contributed by atoms with E-state index in [1.807, 2.05) is 0 Å². The molecule has 0 aliphatic heterocycles. The number of nitrogens with two attached hydrogens (primary N) is 1. The molecule has 1 aliphatic rings. The lowest BCUT2D eigenvalue weighted by Gasteiger charge is -2.21. The summed E-state index contributed by atoms with van der Waals surface area (Å²) >= 11 is 0. The highest BCUT2D eigenvalue weighted by molar-refractivity contribution is 5.27. The minimum Gasteiger partial charge on any atom is -0.493 e. The third kappa shape index (κ3) is 6.39. The molecule has 1 aromatic carbocycles. The lowest BCUT2D eigenvalue weighted by Crippen LogP contribution is -2.22. The summed E-state index contributed by atoms with van der Waals surface area (Å²) in [5, 5.41) is 0. The molecule has 0 bridgehead atoms. The van der Waals surface area contributed by atoms with Crippen LogP contribution in [0.4, 0.5) is 0 Å². The van der Waals surface area contributed by atoms with Gasteiger partial charge in [-0.3, -0.25) is 0 Å². The molecule has 0 heterocycles. The Labute approximate surface area is 136 Å². The Hall–Kier alpha value is -1.02. The molecule has 1 fully saturated rings. The van der Waals surface area contributed by atoms with E-state index in [0.29, 0.717) is 12.0 Å². The van der Waals surface area contributed by atoms with Crippen molar-refractivity contribution in [3.05, 3.63) is 29.8 Å². The third-order valence-corrected chi connectivity index (χ3v) is 4.71. The minimum atomic E-state index is 0.322. The molecule has 2 N–H and O–H groups in total. The molecule has 1 atom stereocenters. The van der Waals surface area contributed by atoms with Gasteiger partial charge >= 0.3 is 0 Å². The van der Waals surface area contributed by atoms with Gasteiger partial charge in [-0.2, -0.15) is 0 Å². The predicted molar refractivity (Wildman–Crippen MR) is 94.3 cm³/mol. The van der Waals surface area contributed by atoms with Gasteiger partial charge in [0, 0.05) is 6.04 Å². The smallest absolute Gasteiger partial charge is 0.119 e. The Morgan fingerprint density at radius 1 is 1.09 bits per heavy atom. The van der Waals surface area contributed by atoms with Crippen molar-refractivity contribution >= 4 is 0 Å². The van der Waals surface area contributed by atoms with Crippen LogP contribution in [0.5, 0.6) is 5.75 Å². The molecule has 22 heavy (non-hydrogen) atoms. The molecule has 1 unspecified atom stereocenters. The topological polar surface area (TPSA) is 35.2 Å². The number of hydrogen-bond donors (Lipinski definition) is 1. The first-order valence-electron chi connectivity index (χ1n) is 9.11. The Balaban J connectivity index is 1.70. The first-order chi connectivity index (χ1) is 10.6. The maximum absolute atomic E-state index is 6.16. The molecule has 0 amide bonds. The van der Waals surface area contributed by atoms with Crippen molar-refractivity contribution in [3.63, 3.8) is 0 Å². The van der Waals surface area contributed by atoms with Crippen LogP contribution in [-0.2, 0) is 6.42 Å². The van der Waals surface area contributed by atoms with Crippen LogP contribution >= 0.6 is 0 Å². The summed E-state index contributed by atoms with van der Waals surface area (Å²) < 4.78 is 5.95. The molecule has 2 rings (SSSR count). The highest BCUT2D eigenvalue weighted by atomic mass is 16.5. The molecular weight excluding hydrogens is 270 g/mol. The minimum absolute atomic E-state index is 0.322. The first kappa shape index (κ1) is 17.3. The van der Waals surface area contributed by atoms with Gasteiger partial charge in [0.2, 0.25) is 0 Å². The largest absolute Gasteiger partial charge is 0.493 e. The second kappa shape index (κ2) is 9.19. The molecule has 0 saturated heterocycles. The van der Waals surface area contributed by atoms with Crippen LogP contribution in [0.2, 0.25) is 0 Å². The zero-order valence-corrected chi connectivity index (χ0v) is 14.4. The molecule has 0 spiro atoms. The number of benzene rings is 1. The third-order valence-electron chi connectivity index (χ3n) is 4.71. The average molecular weight is 303 g/mol. The fraction of sp³-hybridized carbons (Fsp3) is 0.700. The van der Waals surface area contributed by atoms with Gasteiger partial charge < -0.3 is 10.5 Å². The summed E-state index contributed by atoms with van der Waals surface area (Å²) in [6.45, 7) is 5.36. The molecule has 2 nitrogen and oxygen atoms in total. The van der Waals surface area contributed by atoms with Crippen molar-refractivity contribution in [2.75, 3.05) is 6.61 Å². The molecule has 2 heteroatoms. The lowest BCUT2D eigenvalue weighted by atomic mass is 9.90. The van der Waals surface area contributed by atoms with Gasteiger partial charge in [0.1, 0.15) is 5.75 Å². The van der Waals surface area contributed by atoms with E-state index in [-0.39, 0.29) is 0 Å². The summed E-state index contributed by atoms with van der Waals surface area (Å²) in [5.41, 5.74) is 7.52. The van der Waals surface area contributed by atoms with E-state index in [1.165, 1.54) is 37.7 Å². The molecule has 1 aliphatic carbocycles. The van der Waals surface area contributed by atoms with Crippen LogP contribution in [0.15, 0.2) is 24.3 Å². The van der Waals surface area contributed by atoms with E-state index in [9.17, 15) is 0 Å². The van der Waals surface area contributed by atoms with Crippen molar-refractivity contribution in [1.82, 2.24) is 0 Å². The fourth-order valence-corrected chi connectivity index (χ4v) is 3.40. The maximum Gasteiger partial charge on any atom is 0.119 e. The van der Waals surface area contributed by atoms with E-state index in [2.05, 4.69) is 38.1 Å². The summed E-state index contributed by atoms with van der Waals surface area (Å²) in [6.07, 6.45) is 10.1. The first-order valence-corrected chi connectivity index (χ1v) is 9.11. The highest BCUT2D eigenvalue weighted by Gasteiger charge is 2.13. The monoisotopic (exact) mass is 303 g/mol. The fourth-order valence-electron chi connectivity index (χ4n) is 3.40. The van der Waals surface area contributed by atoms with E-state index in [0.717, 1.165) is 37.5 Å². The molecular formula is C20H33NO. The van der Waals surface area contributed by atoms with Crippen molar-refractivity contribution in [2.24, 2.45) is 17.6 Å². The number of hydrogen-bond acceptors (Lipinski definition) is 2. The SMILES string of the molecule is CC(C)CC(N)CCc1ccc(OCC2CCCCC2)cc1. The van der Waals surface area contributed by atoms with Crippen LogP contribution in [0.25, 0.3) is 0 Å². The van der Waals surface area contributed by atoms with Gasteiger partial charge in [-0.1, -0.05) is 45.2 Å². The van der Waals surface area contributed by atoms with E-state index in [1.54, 1.807) is 0 Å². The quantitative estimate of drug-likeness (QED) is 0.737. The summed E-state index contributed by atoms with van der Waals surface area (Å²) in [6, 6.07) is 8.94. The van der Waals surface area contributed by atoms with Crippen LogP contribution in [0.1, 0.15) is 64.4 Å². The predicted octanol–water partition coefficient (Wildman–Crippen LogP) is 4.95. The van der Waals surface area contributed by atoms with Gasteiger partial charge in [0.05, 0.1) is 6.61 Å². The number of aryl methyl sites for hydroxylation is 1. The van der Waals surface area contributed by atoms with Gasteiger partial charge in [0.25, 0.3) is 0 Å². The maximum atomic E-state index is 6.16. The van der Waals surface area contributed by atoms with Gasteiger partial charge in [-0.15, -0.1) is 0 Å². The summed E-state index contributed by atoms with van der Waals surface area (Å²) in [7, 11) is 0. The van der Waals surface area contributed by atoms with E-state index in [4.69, 9.17) is 10.5 Å². The van der Waals surface area contributed by atoms with Crippen LogP contribution in [-0.4, -0.2) is 12.6 Å². The molecule has 1 aromatic rings. The second-order valence-corrected chi connectivity index (χ2v) is 7.39.